The van der Waals surface area contributed by atoms with E-state index in [0.29, 0.717) is 29.7 Å². The Bertz CT molecular complexity index is 768. The fourth-order valence-electron chi connectivity index (χ4n) is 3.13. The first-order valence-corrected chi connectivity index (χ1v) is 9.33. The summed E-state index contributed by atoms with van der Waals surface area (Å²) in [6, 6.07) is 7.84. The van der Waals surface area contributed by atoms with Gasteiger partial charge in [-0.25, -0.2) is 0 Å². The summed E-state index contributed by atoms with van der Waals surface area (Å²) in [6.45, 7) is 0.809. The van der Waals surface area contributed by atoms with Crippen LogP contribution < -0.4 is 10.6 Å². The Morgan fingerprint density at radius 1 is 1.23 bits per heavy atom. The maximum Gasteiger partial charge on any atom is 0.254 e. The van der Waals surface area contributed by atoms with Gasteiger partial charge in [0.1, 0.15) is 0 Å². The van der Waals surface area contributed by atoms with Gasteiger partial charge in [-0.1, -0.05) is 42.6 Å². The Hall–Kier alpha value is -2.34. The predicted octanol–water partition coefficient (Wildman–Crippen LogP) is 2.76. The summed E-state index contributed by atoms with van der Waals surface area (Å²) in [5.41, 5.74) is 1.40. The van der Waals surface area contributed by atoms with Gasteiger partial charge in [-0.2, -0.15) is 5.10 Å². The van der Waals surface area contributed by atoms with Crippen LogP contribution in [0, 0.1) is 0 Å². The first kappa shape index (κ1) is 18.5. The molecule has 0 unspecified atom stereocenters. The highest BCUT2D eigenvalue weighted by molar-refractivity contribution is 6.31. The number of benzene rings is 1. The number of amides is 2. The quantitative estimate of drug-likeness (QED) is 0.782. The lowest BCUT2D eigenvalue weighted by Crippen LogP contribution is -2.35. The van der Waals surface area contributed by atoms with Crippen LogP contribution in [0.3, 0.4) is 0 Å². The van der Waals surface area contributed by atoms with Crippen LogP contribution in [0.2, 0.25) is 5.02 Å². The molecule has 1 saturated carbocycles. The molecule has 138 valence electrons. The van der Waals surface area contributed by atoms with E-state index >= 15 is 0 Å². The third-order valence-corrected chi connectivity index (χ3v) is 4.91. The summed E-state index contributed by atoms with van der Waals surface area (Å²) in [7, 11) is 0. The van der Waals surface area contributed by atoms with Crippen molar-refractivity contribution in [1.29, 1.82) is 0 Å². The van der Waals surface area contributed by atoms with Gasteiger partial charge < -0.3 is 10.6 Å². The molecular formula is C19H23ClN4O2. The van der Waals surface area contributed by atoms with E-state index in [1.54, 1.807) is 10.9 Å². The topological polar surface area (TPSA) is 76.0 Å². The van der Waals surface area contributed by atoms with Crippen LogP contribution in [0.25, 0.3) is 0 Å². The van der Waals surface area contributed by atoms with E-state index in [2.05, 4.69) is 15.7 Å². The van der Waals surface area contributed by atoms with Crippen molar-refractivity contribution in [2.45, 2.75) is 44.7 Å². The molecule has 0 spiro atoms. The molecule has 0 aliphatic heterocycles. The van der Waals surface area contributed by atoms with Crippen LogP contribution in [-0.4, -0.2) is 34.2 Å². The van der Waals surface area contributed by atoms with Gasteiger partial charge >= 0.3 is 0 Å². The molecule has 3 rings (SSSR count). The zero-order chi connectivity index (χ0) is 18.4. The van der Waals surface area contributed by atoms with E-state index < -0.39 is 0 Å². The third kappa shape index (κ3) is 5.08. The van der Waals surface area contributed by atoms with Crippen molar-refractivity contribution in [2.75, 3.05) is 6.54 Å². The first-order chi connectivity index (χ1) is 12.6. The molecule has 7 heteroatoms. The molecule has 1 heterocycles. The van der Waals surface area contributed by atoms with E-state index in [4.69, 9.17) is 11.6 Å². The molecule has 26 heavy (non-hydrogen) atoms. The van der Waals surface area contributed by atoms with Gasteiger partial charge in [0, 0.05) is 30.2 Å². The second-order valence-corrected chi connectivity index (χ2v) is 6.98. The lowest BCUT2D eigenvalue weighted by atomic mass is 10.2. The number of carbonyl (C=O) groups excluding carboxylic acids is 2. The van der Waals surface area contributed by atoms with E-state index in [-0.39, 0.29) is 18.2 Å². The minimum atomic E-state index is -0.232. The normalized spacial score (nSPS) is 14.3. The highest BCUT2D eigenvalue weighted by Gasteiger charge is 2.17. The number of nitrogens with one attached hydrogen (secondary N) is 2. The molecule has 1 aliphatic carbocycles. The smallest absolute Gasteiger partial charge is 0.254 e. The van der Waals surface area contributed by atoms with E-state index in [9.17, 15) is 9.59 Å². The van der Waals surface area contributed by atoms with Crippen molar-refractivity contribution in [3.8, 4) is 0 Å². The minimum Gasteiger partial charge on any atom is -0.353 e. The lowest BCUT2D eigenvalue weighted by Gasteiger charge is -2.11. The van der Waals surface area contributed by atoms with Crippen LogP contribution in [0.5, 0.6) is 0 Å². The third-order valence-electron chi connectivity index (χ3n) is 4.54. The maximum absolute atomic E-state index is 12.2. The number of rotatable bonds is 7. The fourth-order valence-corrected chi connectivity index (χ4v) is 3.33. The fraction of sp³-hybridized carbons (Fsp3) is 0.421. The average Bonchev–Trinajstić information content (AvgIpc) is 3.29. The van der Waals surface area contributed by atoms with Gasteiger partial charge in [0.15, 0.2) is 0 Å². The summed E-state index contributed by atoms with van der Waals surface area (Å²) in [6.07, 6.45) is 7.96. The summed E-state index contributed by atoms with van der Waals surface area (Å²) < 4.78 is 1.67. The van der Waals surface area contributed by atoms with Crippen molar-refractivity contribution >= 4 is 23.4 Å². The number of hydrogen-bond donors (Lipinski definition) is 2. The van der Waals surface area contributed by atoms with E-state index in [1.807, 2.05) is 24.3 Å². The molecule has 1 fully saturated rings. The Balaban J connectivity index is 1.44. The number of halogens is 1. The predicted molar refractivity (Wildman–Crippen MR) is 100 cm³/mol. The Morgan fingerprint density at radius 2 is 2.00 bits per heavy atom. The SMILES string of the molecule is O=C(CCNC(=O)c1cnn(Cc2ccccc2Cl)c1)NC1CCCC1. The van der Waals surface area contributed by atoms with Crippen molar-refractivity contribution in [3.05, 3.63) is 52.8 Å². The Labute approximate surface area is 157 Å². The molecule has 1 aliphatic rings. The van der Waals surface area contributed by atoms with Crippen LogP contribution >= 0.6 is 11.6 Å². The van der Waals surface area contributed by atoms with Crippen molar-refractivity contribution in [3.63, 3.8) is 0 Å². The Kier molecular flexibility index (Phi) is 6.28. The molecule has 0 atom stereocenters. The molecule has 1 aromatic heterocycles. The van der Waals surface area contributed by atoms with Gasteiger partial charge in [0.05, 0.1) is 18.3 Å². The van der Waals surface area contributed by atoms with Crippen molar-refractivity contribution in [1.82, 2.24) is 20.4 Å². The van der Waals surface area contributed by atoms with Crippen LogP contribution in [0.4, 0.5) is 0 Å². The minimum absolute atomic E-state index is 0.00776. The van der Waals surface area contributed by atoms with Crippen molar-refractivity contribution < 1.29 is 9.59 Å². The lowest BCUT2D eigenvalue weighted by molar-refractivity contribution is -0.121. The Morgan fingerprint density at radius 3 is 2.77 bits per heavy atom. The second-order valence-electron chi connectivity index (χ2n) is 6.57. The largest absolute Gasteiger partial charge is 0.353 e. The number of hydrogen-bond acceptors (Lipinski definition) is 3. The molecule has 0 saturated heterocycles. The standard InChI is InChI=1S/C19H23ClN4O2/c20-17-8-4-1-5-14(17)12-24-13-15(11-22-24)19(26)21-10-9-18(25)23-16-6-2-3-7-16/h1,4-5,8,11,13,16H,2-3,6-7,9-10,12H2,(H,21,26)(H,23,25). The number of nitrogens with zero attached hydrogens (tertiary/aromatic N) is 2. The summed E-state index contributed by atoms with van der Waals surface area (Å²) in [5, 5.41) is 10.6. The molecule has 6 nitrogen and oxygen atoms in total. The summed E-state index contributed by atoms with van der Waals surface area (Å²) in [4.78, 5) is 24.0. The van der Waals surface area contributed by atoms with Gasteiger partial charge in [0.2, 0.25) is 5.91 Å². The monoisotopic (exact) mass is 374 g/mol. The van der Waals surface area contributed by atoms with E-state index in [0.717, 1.165) is 18.4 Å². The summed E-state index contributed by atoms with van der Waals surface area (Å²) in [5.74, 6) is -0.240. The van der Waals surface area contributed by atoms with E-state index in [1.165, 1.54) is 19.0 Å². The van der Waals surface area contributed by atoms with Crippen LogP contribution in [0.15, 0.2) is 36.7 Å². The van der Waals surface area contributed by atoms with Crippen LogP contribution in [-0.2, 0) is 11.3 Å². The average molecular weight is 375 g/mol. The molecule has 1 aromatic carbocycles. The highest BCUT2D eigenvalue weighted by Crippen LogP contribution is 2.17. The molecule has 2 aromatic rings. The van der Waals surface area contributed by atoms with Crippen molar-refractivity contribution in [2.24, 2.45) is 0 Å². The summed E-state index contributed by atoms with van der Waals surface area (Å²) >= 11 is 6.14. The molecule has 0 radical (unpaired) electrons. The second kappa shape index (κ2) is 8.85. The highest BCUT2D eigenvalue weighted by atomic mass is 35.5. The van der Waals surface area contributed by atoms with Gasteiger partial charge in [0.25, 0.3) is 5.91 Å². The maximum atomic E-state index is 12.2. The number of aromatic nitrogens is 2. The molecule has 2 N–H and O–H groups in total. The van der Waals surface area contributed by atoms with Gasteiger partial charge in [-0.3, -0.25) is 14.3 Å². The first-order valence-electron chi connectivity index (χ1n) is 8.95. The molecule has 0 bridgehead atoms. The molecular weight excluding hydrogens is 352 g/mol. The van der Waals surface area contributed by atoms with Crippen LogP contribution in [0.1, 0.15) is 48.0 Å². The zero-order valence-corrected chi connectivity index (χ0v) is 15.3. The number of carbonyl (C=O) groups is 2. The molecule has 2 amide bonds. The van der Waals surface area contributed by atoms with Gasteiger partial charge in [-0.05, 0) is 24.5 Å². The zero-order valence-electron chi connectivity index (χ0n) is 14.6. The van der Waals surface area contributed by atoms with Gasteiger partial charge in [-0.15, -0.1) is 0 Å².